The van der Waals surface area contributed by atoms with Gasteiger partial charge in [0.05, 0.1) is 35.8 Å². The molecule has 4 rings (SSSR count). The summed E-state index contributed by atoms with van der Waals surface area (Å²) in [5.74, 6) is 1.75. The third-order valence-electron chi connectivity index (χ3n) is 5.16. The fourth-order valence-electron chi connectivity index (χ4n) is 3.42. The number of aromatic nitrogens is 1. The zero-order chi connectivity index (χ0) is 25.5. The zero-order valence-corrected chi connectivity index (χ0v) is 22.0. The molecule has 0 spiro atoms. The number of carbonyl (C=O) groups is 2. The average Bonchev–Trinajstić information content (AvgIpc) is 3.15. The SMILES string of the molecule is COc1ccccc1OCCN1C(=O)S/C(=C\c2cc(Br)c(OCc3ccccn3)c(OC)c2)C1=O. The van der Waals surface area contributed by atoms with E-state index in [4.69, 9.17) is 18.9 Å². The number of halogens is 1. The summed E-state index contributed by atoms with van der Waals surface area (Å²) in [6, 6.07) is 16.3. The van der Waals surface area contributed by atoms with Crippen molar-refractivity contribution in [3.05, 3.63) is 81.4 Å². The Labute approximate surface area is 221 Å². The van der Waals surface area contributed by atoms with Crippen LogP contribution in [0.4, 0.5) is 4.79 Å². The molecule has 1 saturated heterocycles. The van der Waals surface area contributed by atoms with Crippen molar-refractivity contribution in [3.8, 4) is 23.0 Å². The van der Waals surface area contributed by atoms with Crippen LogP contribution in [0.2, 0.25) is 0 Å². The maximum atomic E-state index is 12.9. The van der Waals surface area contributed by atoms with Crippen LogP contribution in [0.25, 0.3) is 6.08 Å². The molecule has 0 atom stereocenters. The maximum absolute atomic E-state index is 12.9. The van der Waals surface area contributed by atoms with E-state index in [1.165, 1.54) is 12.0 Å². The normalized spacial score (nSPS) is 14.3. The molecule has 0 saturated carbocycles. The largest absolute Gasteiger partial charge is 0.493 e. The first-order valence-corrected chi connectivity index (χ1v) is 12.5. The molecule has 2 aromatic carbocycles. The van der Waals surface area contributed by atoms with Gasteiger partial charge in [-0.2, -0.15) is 0 Å². The molecule has 1 fully saturated rings. The number of hydrogen-bond acceptors (Lipinski definition) is 8. The van der Waals surface area contributed by atoms with Crippen molar-refractivity contribution in [1.29, 1.82) is 0 Å². The molecular formula is C26H23BrN2O6S. The van der Waals surface area contributed by atoms with E-state index < -0.39 is 0 Å². The molecule has 0 radical (unpaired) electrons. The Kier molecular flexibility index (Phi) is 8.50. The third-order valence-corrected chi connectivity index (χ3v) is 6.65. The van der Waals surface area contributed by atoms with Gasteiger partial charge in [0.25, 0.3) is 11.1 Å². The Morgan fingerprint density at radius 1 is 0.972 bits per heavy atom. The minimum absolute atomic E-state index is 0.118. The molecule has 36 heavy (non-hydrogen) atoms. The Balaban J connectivity index is 1.44. The summed E-state index contributed by atoms with van der Waals surface area (Å²) in [5, 5.41) is -0.351. The van der Waals surface area contributed by atoms with E-state index >= 15 is 0 Å². The van der Waals surface area contributed by atoms with Crippen LogP contribution in [-0.4, -0.2) is 48.4 Å². The molecular weight excluding hydrogens is 548 g/mol. The molecule has 1 aliphatic heterocycles. The van der Waals surface area contributed by atoms with E-state index in [-0.39, 0.29) is 30.9 Å². The van der Waals surface area contributed by atoms with Gasteiger partial charge in [-0.05, 0) is 75.7 Å². The number of ether oxygens (including phenoxy) is 4. The molecule has 0 aliphatic carbocycles. The van der Waals surface area contributed by atoms with Crippen LogP contribution in [-0.2, 0) is 11.4 Å². The van der Waals surface area contributed by atoms with Crippen LogP contribution in [0, 0.1) is 0 Å². The second kappa shape index (κ2) is 12.0. The van der Waals surface area contributed by atoms with Gasteiger partial charge in [-0.3, -0.25) is 19.5 Å². The van der Waals surface area contributed by atoms with Crippen molar-refractivity contribution in [2.45, 2.75) is 6.61 Å². The van der Waals surface area contributed by atoms with Crippen molar-refractivity contribution in [3.63, 3.8) is 0 Å². The molecule has 8 nitrogen and oxygen atoms in total. The van der Waals surface area contributed by atoms with E-state index in [0.717, 1.165) is 17.5 Å². The Hall–Kier alpha value is -3.50. The number of benzene rings is 2. The molecule has 10 heteroatoms. The molecule has 3 aromatic rings. The van der Waals surface area contributed by atoms with Gasteiger partial charge < -0.3 is 18.9 Å². The molecule has 1 aliphatic rings. The van der Waals surface area contributed by atoms with Crippen molar-refractivity contribution < 1.29 is 28.5 Å². The summed E-state index contributed by atoms with van der Waals surface area (Å²) in [6.45, 7) is 0.533. The van der Waals surface area contributed by atoms with Crippen molar-refractivity contribution in [2.75, 3.05) is 27.4 Å². The molecule has 1 aromatic heterocycles. The van der Waals surface area contributed by atoms with Gasteiger partial charge in [0.2, 0.25) is 0 Å². The highest BCUT2D eigenvalue weighted by Gasteiger charge is 2.35. The number of methoxy groups -OCH3 is 2. The lowest BCUT2D eigenvalue weighted by molar-refractivity contribution is -0.123. The third kappa shape index (κ3) is 6.00. The van der Waals surface area contributed by atoms with E-state index in [0.29, 0.717) is 37.9 Å². The zero-order valence-electron chi connectivity index (χ0n) is 19.6. The average molecular weight is 571 g/mol. The number of pyridine rings is 1. The lowest BCUT2D eigenvalue weighted by Gasteiger charge is -2.15. The van der Waals surface area contributed by atoms with Crippen LogP contribution in [0.3, 0.4) is 0 Å². The Bertz CT molecular complexity index is 1280. The van der Waals surface area contributed by atoms with Crippen molar-refractivity contribution >= 4 is 44.9 Å². The van der Waals surface area contributed by atoms with Crippen LogP contribution in [0.1, 0.15) is 11.3 Å². The number of carbonyl (C=O) groups excluding carboxylic acids is 2. The van der Waals surface area contributed by atoms with E-state index in [1.807, 2.05) is 30.3 Å². The van der Waals surface area contributed by atoms with Crippen LogP contribution in [0.5, 0.6) is 23.0 Å². The Morgan fingerprint density at radius 2 is 1.72 bits per heavy atom. The first kappa shape index (κ1) is 25.6. The fourth-order valence-corrected chi connectivity index (χ4v) is 4.86. The second-order valence-electron chi connectivity index (χ2n) is 7.48. The molecule has 2 amide bonds. The number of hydrogen-bond donors (Lipinski definition) is 0. The summed E-state index contributed by atoms with van der Waals surface area (Å²) in [4.78, 5) is 31.1. The lowest BCUT2D eigenvalue weighted by Crippen LogP contribution is -2.32. The maximum Gasteiger partial charge on any atom is 0.293 e. The van der Waals surface area contributed by atoms with Crippen molar-refractivity contribution in [2.24, 2.45) is 0 Å². The number of thioether (sulfide) groups is 1. The summed E-state index contributed by atoms with van der Waals surface area (Å²) < 4.78 is 23.0. The number of imide groups is 1. The van der Waals surface area contributed by atoms with Gasteiger partial charge in [0, 0.05) is 6.20 Å². The van der Waals surface area contributed by atoms with Gasteiger partial charge in [-0.15, -0.1) is 0 Å². The summed E-state index contributed by atoms with van der Waals surface area (Å²) in [6.07, 6.45) is 3.35. The number of nitrogens with zero attached hydrogens (tertiary/aromatic N) is 2. The molecule has 0 bridgehead atoms. The van der Waals surface area contributed by atoms with Crippen LogP contribution < -0.4 is 18.9 Å². The van der Waals surface area contributed by atoms with Gasteiger partial charge in [-0.1, -0.05) is 18.2 Å². The molecule has 2 heterocycles. The van der Waals surface area contributed by atoms with Gasteiger partial charge in [0.15, 0.2) is 23.0 Å². The fraction of sp³-hybridized carbons (Fsp3) is 0.192. The highest BCUT2D eigenvalue weighted by Crippen LogP contribution is 2.39. The number of rotatable bonds is 10. The second-order valence-corrected chi connectivity index (χ2v) is 9.32. The first-order valence-electron chi connectivity index (χ1n) is 10.9. The molecule has 186 valence electrons. The van der Waals surface area contributed by atoms with Crippen molar-refractivity contribution in [1.82, 2.24) is 9.88 Å². The number of amides is 2. The predicted molar refractivity (Wildman–Crippen MR) is 140 cm³/mol. The predicted octanol–water partition coefficient (Wildman–Crippen LogP) is 5.56. The van der Waals surface area contributed by atoms with Gasteiger partial charge in [0.1, 0.15) is 13.2 Å². The smallest absolute Gasteiger partial charge is 0.293 e. The summed E-state index contributed by atoms with van der Waals surface area (Å²) in [5.41, 5.74) is 1.46. The summed E-state index contributed by atoms with van der Waals surface area (Å²) >= 11 is 4.40. The minimum atomic E-state index is -0.376. The van der Waals surface area contributed by atoms with Gasteiger partial charge in [-0.25, -0.2) is 0 Å². The topological polar surface area (TPSA) is 87.2 Å². The standard InChI is InChI=1S/C26H23BrN2O6S/c1-32-20-8-3-4-9-21(20)34-12-11-29-25(30)23(36-26(29)31)15-17-13-19(27)24(22(14-17)33-2)35-16-18-7-5-6-10-28-18/h3-10,13-15H,11-12,16H2,1-2H3/b23-15-. The first-order chi connectivity index (χ1) is 17.5. The number of para-hydroxylation sites is 2. The monoisotopic (exact) mass is 570 g/mol. The van der Waals surface area contributed by atoms with Gasteiger partial charge >= 0.3 is 0 Å². The highest BCUT2D eigenvalue weighted by atomic mass is 79.9. The van der Waals surface area contributed by atoms with Crippen LogP contribution in [0.15, 0.2) is 70.2 Å². The highest BCUT2D eigenvalue weighted by molar-refractivity contribution is 9.10. The quantitative estimate of drug-likeness (QED) is 0.293. The minimum Gasteiger partial charge on any atom is -0.493 e. The van der Waals surface area contributed by atoms with E-state index in [9.17, 15) is 9.59 Å². The molecule has 0 unspecified atom stereocenters. The Morgan fingerprint density at radius 3 is 2.44 bits per heavy atom. The van der Waals surface area contributed by atoms with Crippen LogP contribution >= 0.6 is 27.7 Å². The lowest BCUT2D eigenvalue weighted by atomic mass is 10.2. The summed E-state index contributed by atoms with van der Waals surface area (Å²) in [7, 11) is 3.09. The molecule has 0 N–H and O–H groups in total. The van der Waals surface area contributed by atoms with E-state index in [1.54, 1.807) is 43.6 Å². The van der Waals surface area contributed by atoms with E-state index in [2.05, 4.69) is 20.9 Å².